The fourth-order valence-corrected chi connectivity index (χ4v) is 2.44. The van der Waals surface area contributed by atoms with Crippen molar-refractivity contribution >= 4 is 0 Å². The summed E-state index contributed by atoms with van der Waals surface area (Å²) < 4.78 is 0. The molecule has 0 spiro atoms. The number of aryl methyl sites for hydroxylation is 2. The van der Waals surface area contributed by atoms with E-state index in [0.717, 1.165) is 13.0 Å². The molecule has 0 aliphatic carbocycles. The highest BCUT2D eigenvalue weighted by atomic mass is 14.5. The van der Waals surface area contributed by atoms with Crippen LogP contribution < -0.4 is 5.73 Å². The normalized spacial score (nSPS) is 12.8. The van der Waals surface area contributed by atoms with E-state index in [4.69, 9.17) is 5.73 Å². The van der Waals surface area contributed by atoms with Crippen LogP contribution in [0.15, 0.2) is 18.2 Å². The summed E-state index contributed by atoms with van der Waals surface area (Å²) in [5.41, 5.74) is 9.88. The van der Waals surface area contributed by atoms with Gasteiger partial charge in [-0.15, -0.1) is 0 Å². The molecule has 0 fully saturated rings. The zero-order valence-corrected chi connectivity index (χ0v) is 10.9. The number of rotatable bonds is 6. The molecule has 0 heterocycles. The van der Waals surface area contributed by atoms with Crippen LogP contribution in [-0.2, 0) is 0 Å². The molecule has 1 aromatic rings. The second-order valence-electron chi connectivity index (χ2n) is 4.84. The molecular formula is C15H25N. The molecule has 1 atom stereocenters. The largest absolute Gasteiger partial charge is 0.330 e. The lowest BCUT2D eigenvalue weighted by atomic mass is 9.88. The molecule has 1 heteroatoms. The van der Waals surface area contributed by atoms with Crippen LogP contribution in [-0.4, -0.2) is 6.54 Å². The van der Waals surface area contributed by atoms with Crippen molar-refractivity contribution in [1.82, 2.24) is 0 Å². The van der Waals surface area contributed by atoms with Crippen molar-refractivity contribution in [3.05, 3.63) is 34.9 Å². The van der Waals surface area contributed by atoms with Gasteiger partial charge in [0.2, 0.25) is 0 Å². The van der Waals surface area contributed by atoms with Gasteiger partial charge in [0.05, 0.1) is 0 Å². The van der Waals surface area contributed by atoms with E-state index in [1.54, 1.807) is 0 Å². The van der Waals surface area contributed by atoms with Crippen molar-refractivity contribution in [3.63, 3.8) is 0 Å². The van der Waals surface area contributed by atoms with Gasteiger partial charge >= 0.3 is 0 Å². The maximum atomic E-state index is 5.61. The van der Waals surface area contributed by atoms with Gasteiger partial charge in [0.15, 0.2) is 0 Å². The molecule has 1 nitrogen and oxygen atoms in total. The van der Waals surface area contributed by atoms with Gasteiger partial charge in [-0.05, 0) is 51.1 Å². The average molecular weight is 219 g/mol. The summed E-state index contributed by atoms with van der Waals surface area (Å²) in [4.78, 5) is 0. The van der Waals surface area contributed by atoms with Gasteiger partial charge in [0.1, 0.15) is 0 Å². The minimum Gasteiger partial charge on any atom is -0.330 e. The number of hydrogen-bond acceptors (Lipinski definition) is 1. The summed E-state index contributed by atoms with van der Waals surface area (Å²) in [6.45, 7) is 7.44. The van der Waals surface area contributed by atoms with Gasteiger partial charge in [0.25, 0.3) is 0 Å². The second-order valence-corrected chi connectivity index (χ2v) is 4.84. The Morgan fingerprint density at radius 2 is 1.69 bits per heavy atom. The first-order valence-corrected chi connectivity index (χ1v) is 6.45. The first-order valence-electron chi connectivity index (χ1n) is 6.45. The molecule has 0 aliphatic rings. The fraction of sp³-hybridized carbons (Fsp3) is 0.600. The minimum absolute atomic E-state index is 0.701. The number of benzene rings is 1. The van der Waals surface area contributed by atoms with E-state index in [0.29, 0.717) is 5.92 Å². The Morgan fingerprint density at radius 1 is 1.06 bits per heavy atom. The minimum atomic E-state index is 0.701. The van der Waals surface area contributed by atoms with Crippen molar-refractivity contribution in [2.45, 2.75) is 52.4 Å². The fourth-order valence-electron chi connectivity index (χ4n) is 2.44. The van der Waals surface area contributed by atoms with Gasteiger partial charge in [-0.2, -0.15) is 0 Å². The van der Waals surface area contributed by atoms with Gasteiger partial charge in [-0.3, -0.25) is 0 Å². The van der Waals surface area contributed by atoms with Crippen molar-refractivity contribution in [2.75, 3.05) is 6.54 Å². The molecule has 0 radical (unpaired) electrons. The summed E-state index contributed by atoms with van der Waals surface area (Å²) in [5.74, 6) is 0.701. The third-order valence-corrected chi connectivity index (χ3v) is 3.11. The van der Waals surface area contributed by atoms with E-state index >= 15 is 0 Å². The summed E-state index contributed by atoms with van der Waals surface area (Å²) in [7, 11) is 0. The van der Waals surface area contributed by atoms with Crippen molar-refractivity contribution in [3.8, 4) is 0 Å². The van der Waals surface area contributed by atoms with Gasteiger partial charge in [-0.1, -0.05) is 42.7 Å². The highest BCUT2D eigenvalue weighted by molar-refractivity contribution is 5.30. The standard InChI is InChI=1S/C15H25N/c1-4-6-14(7-5-8-16)15-10-12(2)9-13(3)11-15/h9-11,14H,4-8,16H2,1-3H3. The molecule has 0 aromatic heterocycles. The zero-order chi connectivity index (χ0) is 12.0. The third kappa shape index (κ3) is 3.97. The van der Waals surface area contributed by atoms with Crippen LogP contribution in [0.2, 0.25) is 0 Å². The van der Waals surface area contributed by atoms with E-state index in [1.807, 2.05) is 0 Å². The predicted octanol–water partition coefficient (Wildman–Crippen LogP) is 3.93. The second kappa shape index (κ2) is 6.70. The lowest BCUT2D eigenvalue weighted by Crippen LogP contribution is -2.05. The van der Waals surface area contributed by atoms with Crippen LogP contribution in [0.5, 0.6) is 0 Å². The Labute approximate surface area is 100 Å². The lowest BCUT2D eigenvalue weighted by molar-refractivity contribution is 0.549. The molecule has 2 N–H and O–H groups in total. The highest BCUT2D eigenvalue weighted by Gasteiger charge is 2.10. The van der Waals surface area contributed by atoms with Gasteiger partial charge in [0, 0.05) is 0 Å². The molecule has 1 unspecified atom stereocenters. The molecule has 0 saturated heterocycles. The van der Waals surface area contributed by atoms with Crippen molar-refractivity contribution in [2.24, 2.45) is 5.73 Å². The topological polar surface area (TPSA) is 26.0 Å². The van der Waals surface area contributed by atoms with Crippen LogP contribution in [0, 0.1) is 13.8 Å². The van der Waals surface area contributed by atoms with E-state index in [-0.39, 0.29) is 0 Å². The summed E-state index contributed by atoms with van der Waals surface area (Å²) >= 11 is 0. The van der Waals surface area contributed by atoms with Crippen LogP contribution in [0.4, 0.5) is 0 Å². The average Bonchev–Trinajstić information content (AvgIpc) is 2.22. The maximum Gasteiger partial charge on any atom is -0.00771 e. The SMILES string of the molecule is CCCC(CCCN)c1cc(C)cc(C)c1. The summed E-state index contributed by atoms with van der Waals surface area (Å²) in [5, 5.41) is 0. The molecule has 90 valence electrons. The summed E-state index contributed by atoms with van der Waals surface area (Å²) in [6, 6.07) is 6.92. The monoisotopic (exact) mass is 219 g/mol. The van der Waals surface area contributed by atoms with Crippen molar-refractivity contribution in [1.29, 1.82) is 0 Å². The van der Waals surface area contributed by atoms with Crippen LogP contribution in [0.3, 0.4) is 0 Å². The summed E-state index contributed by atoms with van der Waals surface area (Å²) in [6.07, 6.45) is 4.90. The molecule has 0 bridgehead atoms. The predicted molar refractivity (Wildman–Crippen MR) is 71.9 cm³/mol. The van der Waals surface area contributed by atoms with Crippen molar-refractivity contribution < 1.29 is 0 Å². The Kier molecular flexibility index (Phi) is 5.54. The van der Waals surface area contributed by atoms with Crippen LogP contribution in [0.1, 0.15) is 55.2 Å². The third-order valence-electron chi connectivity index (χ3n) is 3.11. The Bertz CT molecular complexity index is 297. The molecule has 0 aliphatic heterocycles. The van der Waals surface area contributed by atoms with Crippen LogP contribution in [0.25, 0.3) is 0 Å². The Morgan fingerprint density at radius 3 is 2.19 bits per heavy atom. The quantitative estimate of drug-likeness (QED) is 0.771. The van der Waals surface area contributed by atoms with Gasteiger partial charge < -0.3 is 5.73 Å². The molecule has 0 saturated carbocycles. The van der Waals surface area contributed by atoms with E-state index in [2.05, 4.69) is 39.0 Å². The lowest BCUT2D eigenvalue weighted by Gasteiger charge is -2.17. The molecule has 1 aromatic carbocycles. The van der Waals surface area contributed by atoms with Gasteiger partial charge in [-0.25, -0.2) is 0 Å². The van der Waals surface area contributed by atoms with E-state index in [1.165, 1.54) is 36.0 Å². The van der Waals surface area contributed by atoms with E-state index in [9.17, 15) is 0 Å². The molecule has 0 amide bonds. The number of nitrogens with two attached hydrogens (primary N) is 1. The first-order chi connectivity index (χ1) is 7.67. The maximum absolute atomic E-state index is 5.61. The zero-order valence-electron chi connectivity index (χ0n) is 10.9. The molecule has 1 rings (SSSR count). The Balaban J connectivity index is 2.82. The number of hydrogen-bond donors (Lipinski definition) is 1. The molecule has 16 heavy (non-hydrogen) atoms. The molecular weight excluding hydrogens is 194 g/mol. The smallest absolute Gasteiger partial charge is 0.00771 e. The first kappa shape index (κ1) is 13.2. The van der Waals surface area contributed by atoms with E-state index < -0.39 is 0 Å². The highest BCUT2D eigenvalue weighted by Crippen LogP contribution is 2.27. The van der Waals surface area contributed by atoms with Crippen LogP contribution >= 0.6 is 0 Å². The Hall–Kier alpha value is -0.820.